The largest absolute Gasteiger partial charge is 0.388 e. The minimum Gasteiger partial charge on any atom is -0.388 e. The van der Waals surface area contributed by atoms with E-state index in [4.69, 9.17) is 0 Å². The average Bonchev–Trinajstić information content (AvgIpc) is 2.93. The lowest BCUT2D eigenvalue weighted by Crippen LogP contribution is -2.45. The quantitative estimate of drug-likeness (QED) is 0.784. The number of nitrogens with zero attached hydrogens (tertiary/aromatic N) is 1. The third-order valence-corrected chi connectivity index (χ3v) is 5.23. The summed E-state index contributed by atoms with van der Waals surface area (Å²) in [5.74, 6) is 0.119. The molecule has 1 aromatic rings. The Morgan fingerprint density at radius 3 is 2.76 bits per heavy atom. The van der Waals surface area contributed by atoms with E-state index in [9.17, 15) is 14.7 Å². The van der Waals surface area contributed by atoms with Gasteiger partial charge in [0.2, 0.25) is 5.91 Å². The highest BCUT2D eigenvalue weighted by Crippen LogP contribution is 2.29. The maximum Gasteiger partial charge on any atom is 0.319 e. The molecule has 1 unspecified atom stereocenters. The highest BCUT2D eigenvalue weighted by molar-refractivity contribution is 5.97. The fourth-order valence-electron chi connectivity index (χ4n) is 3.77. The molecule has 3 N–H and O–H groups in total. The molecule has 1 saturated heterocycles. The molecule has 3 rings (SSSR count). The lowest BCUT2D eigenvalue weighted by atomic mass is 9.85. The van der Waals surface area contributed by atoms with Crippen LogP contribution in [0, 0.1) is 0 Å². The van der Waals surface area contributed by atoms with Crippen molar-refractivity contribution < 1.29 is 14.7 Å². The highest BCUT2D eigenvalue weighted by atomic mass is 16.3. The van der Waals surface area contributed by atoms with Crippen molar-refractivity contribution in [1.82, 2.24) is 5.32 Å². The summed E-state index contributed by atoms with van der Waals surface area (Å²) in [7, 11) is 0. The molecule has 1 aliphatic heterocycles. The summed E-state index contributed by atoms with van der Waals surface area (Å²) >= 11 is 0. The second-order valence-corrected chi connectivity index (χ2v) is 7.29. The second kappa shape index (κ2) is 7.44. The predicted molar refractivity (Wildman–Crippen MR) is 97.7 cm³/mol. The number of hydrogen-bond donors (Lipinski definition) is 3. The normalized spacial score (nSPS) is 22.7. The van der Waals surface area contributed by atoms with Crippen LogP contribution in [0.1, 0.15) is 51.9 Å². The van der Waals surface area contributed by atoms with Gasteiger partial charge >= 0.3 is 6.03 Å². The van der Waals surface area contributed by atoms with Crippen LogP contribution in [0.5, 0.6) is 0 Å². The summed E-state index contributed by atoms with van der Waals surface area (Å²) in [5, 5.41) is 16.0. The van der Waals surface area contributed by atoms with Gasteiger partial charge in [-0.3, -0.25) is 4.79 Å². The van der Waals surface area contributed by atoms with Crippen molar-refractivity contribution in [2.24, 2.45) is 0 Å². The minimum atomic E-state index is -0.783. The van der Waals surface area contributed by atoms with E-state index in [0.29, 0.717) is 12.1 Å². The number of carbonyl (C=O) groups is 2. The molecule has 1 aromatic carbocycles. The van der Waals surface area contributed by atoms with E-state index in [2.05, 4.69) is 10.6 Å². The van der Waals surface area contributed by atoms with Crippen LogP contribution < -0.4 is 15.5 Å². The first-order valence-corrected chi connectivity index (χ1v) is 9.16. The van der Waals surface area contributed by atoms with Crippen LogP contribution in [-0.2, 0) is 4.79 Å². The zero-order valence-electron chi connectivity index (χ0n) is 14.8. The Balaban J connectivity index is 1.58. The molecule has 6 nitrogen and oxygen atoms in total. The van der Waals surface area contributed by atoms with E-state index >= 15 is 0 Å². The first-order chi connectivity index (χ1) is 12.0. The standard InChI is InChI=1S/C19H27N3O3/c1-14-8-9-17(23)22(14)16-7-5-6-15(12-16)21-18(24)20-13-19(25)10-3-2-4-11-19/h5-7,12,14,25H,2-4,8-11,13H2,1H3,(H2,20,21,24). The smallest absolute Gasteiger partial charge is 0.319 e. The Hall–Kier alpha value is -2.08. The fraction of sp³-hybridized carbons (Fsp3) is 0.579. The Morgan fingerprint density at radius 1 is 1.32 bits per heavy atom. The van der Waals surface area contributed by atoms with Gasteiger partial charge < -0.3 is 20.6 Å². The van der Waals surface area contributed by atoms with Gasteiger partial charge in [0.05, 0.1) is 5.60 Å². The number of aliphatic hydroxyl groups is 1. The zero-order valence-corrected chi connectivity index (χ0v) is 14.8. The number of nitrogens with one attached hydrogen (secondary N) is 2. The van der Waals surface area contributed by atoms with Crippen LogP contribution in [0.3, 0.4) is 0 Å². The van der Waals surface area contributed by atoms with Crippen LogP contribution in [0.15, 0.2) is 24.3 Å². The fourth-order valence-corrected chi connectivity index (χ4v) is 3.77. The van der Waals surface area contributed by atoms with Gasteiger partial charge in [-0.2, -0.15) is 0 Å². The number of amides is 3. The molecule has 3 amide bonds. The Morgan fingerprint density at radius 2 is 2.08 bits per heavy atom. The number of hydrogen-bond acceptors (Lipinski definition) is 3. The van der Waals surface area contributed by atoms with E-state index in [-0.39, 0.29) is 24.5 Å². The summed E-state index contributed by atoms with van der Waals surface area (Å²) in [6, 6.07) is 7.16. The second-order valence-electron chi connectivity index (χ2n) is 7.29. The van der Waals surface area contributed by atoms with Crippen molar-refractivity contribution in [3.8, 4) is 0 Å². The first kappa shape index (κ1) is 17.7. The molecule has 136 valence electrons. The van der Waals surface area contributed by atoms with Gasteiger partial charge in [0, 0.05) is 30.4 Å². The van der Waals surface area contributed by atoms with E-state index in [1.54, 1.807) is 11.0 Å². The van der Waals surface area contributed by atoms with Gasteiger partial charge in [-0.1, -0.05) is 25.3 Å². The van der Waals surface area contributed by atoms with Gasteiger partial charge in [0.1, 0.15) is 0 Å². The van der Waals surface area contributed by atoms with Gasteiger partial charge in [0.25, 0.3) is 0 Å². The molecule has 1 aliphatic carbocycles. The van der Waals surface area contributed by atoms with Crippen molar-refractivity contribution in [2.45, 2.75) is 63.5 Å². The molecule has 0 spiro atoms. The van der Waals surface area contributed by atoms with E-state index < -0.39 is 5.60 Å². The number of anilines is 2. The molecule has 1 atom stereocenters. The maximum absolute atomic E-state index is 12.1. The third-order valence-electron chi connectivity index (χ3n) is 5.23. The molecule has 0 bridgehead atoms. The lowest BCUT2D eigenvalue weighted by molar-refractivity contribution is -0.117. The molecule has 2 aliphatic rings. The van der Waals surface area contributed by atoms with Crippen LogP contribution in [-0.4, -0.2) is 35.2 Å². The molecule has 2 fully saturated rings. The molecule has 1 saturated carbocycles. The van der Waals surface area contributed by atoms with Gasteiger partial charge in [-0.15, -0.1) is 0 Å². The lowest BCUT2D eigenvalue weighted by Gasteiger charge is -2.32. The predicted octanol–water partition coefficient (Wildman–Crippen LogP) is 3.02. The number of urea groups is 1. The van der Waals surface area contributed by atoms with Gasteiger partial charge in [-0.25, -0.2) is 4.79 Å². The number of carbonyl (C=O) groups excluding carboxylic acids is 2. The summed E-state index contributed by atoms with van der Waals surface area (Å²) < 4.78 is 0. The molecule has 0 aromatic heterocycles. The summed E-state index contributed by atoms with van der Waals surface area (Å²) in [4.78, 5) is 26.0. The Kier molecular flexibility index (Phi) is 5.27. The van der Waals surface area contributed by atoms with Crippen molar-refractivity contribution in [1.29, 1.82) is 0 Å². The molecular weight excluding hydrogens is 318 g/mol. The molecule has 0 radical (unpaired) electrons. The van der Waals surface area contributed by atoms with Crippen LogP contribution in [0.4, 0.5) is 16.2 Å². The molecule has 6 heteroatoms. The minimum absolute atomic E-state index is 0.119. The summed E-state index contributed by atoms with van der Waals surface area (Å²) in [6.45, 7) is 2.29. The Bertz CT molecular complexity index is 641. The molecule has 25 heavy (non-hydrogen) atoms. The zero-order chi connectivity index (χ0) is 17.9. The van der Waals surface area contributed by atoms with Crippen LogP contribution in [0.2, 0.25) is 0 Å². The Labute approximate surface area is 148 Å². The summed E-state index contributed by atoms with van der Waals surface area (Å²) in [6.07, 6.45) is 6.05. The highest BCUT2D eigenvalue weighted by Gasteiger charge is 2.30. The molecule has 1 heterocycles. The van der Waals surface area contributed by atoms with E-state index in [1.807, 2.05) is 25.1 Å². The third kappa shape index (κ3) is 4.31. The summed E-state index contributed by atoms with van der Waals surface area (Å²) in [5.41, 5.74) is 0.658. The number of benzene rings is 1. The SMILES string of the molecule is CC1CCC(=O)N1c1cccc(NC(=O)NCC2(O)CCCCC2)c1. The topological polar surface area (TPSA) is 81.7 Å². The van der Waals surface area contributed by atoms with E-state index in [0.717, 1.165) is 44.2 Å². The van der Waals surface area contributed by atoms with Gasteiger partial charge in [0.15, 0.2) is 0 Å². The monoisotopic (exact) mass is 345 g/mol. The maximum atomic E-state index is 12.1. The van der Waals surface area contributed by atoms with Gasteiger partial charge in [-0.05, 0) is 44.4 Å². The van der Waals surface area contributed by atoms with Crippen molar-refractivity contribution >= 4 is 23.3 Å². The van der Waals surface area contributed by atoms with E-state index in [1.165, 1.54) is 0 Å². The van der Waals surface area contributed by atoms with Crippen LogP contribution in [0.25, 0.3) is 0 Å². The van der Waals surface area contributed by atoms with Crippen molar-refractivity contribution in [3.05, 3.63) is 24.3 Å². The molecular formula is C19H27N3O3. The number of rotatable bonds is 4. The van der Waals surface area contributed by atoms with Crippen molar-refractivity contribution in [3.63, 3.8) is 0 Å². The average molecular weight is 345 g/mol. The first-order valence-electron chi connectivity index (χ1n) is 9.16. The van der Waals surface area contributed by atoms with Crippen molar-refractivity contribution in [2.75, 3.05) is 16.8 Å². The van der Waals surface area contributed by atoms with Crippen LogP contribution >= 0.6 is 0 Å².